The third kappa shape index (κ3) is 4.93. The Morgan fingerprint density at radius 3 is 2.37 bits per heavy atom. The molecule has 6 heterocycles. The Morgan fingerprint density at radius 1 is 0.907 bits per heavy atom. The van der Waals surface area contributed by atoms with Gasteiger partial charge in [0.15, 0.2) is 29.5 Å². The minimum absolute atomic E-state index is 0.0213. The number of nitrogen functional groups attached to an aromatic ring is 1. The molecular formula is C21H24FN9O10P2. The summed E-state index contributed by atoms with van der Waals surface area (Å²) in [5, 5.41) is 11.1. The highest BCUT2D eigenvalue weighted by molar-refractivity contribution is 7.47. The number of nitrogens with two attached hydrogens (primary N) is 1. The fourth-order valence-electron chi connectivity index (χ4n) is 5.61. The van der Waals surface area contributed by atoms with Crippen molar-refractivity contribution in [1.29, 1.82) is 0 Å². The number of halogens is 1. The van der Waals surface area contributed by atoms with Gasteiger partial charge in [0, 0.05) is 6.42 Å². The van der Waals surface area contributed by atoms with Gasteiger partial charge < -0.3 is 29.9 Å². The molecule has 19 nitrogen and oxygen atoms in total. The monoisotopic (exact) mass is 643 g/mol. The van der Waals surface area contributed by atoms with Crippen molar-refractivity contribution in [2.45, 2.75) is 62.3 Å². The van der Waals surface area contributed by atoms with E-state index in [1.807, 2.05) is 0 Å². The van der Waals surface area contributed by atoms with E-state index in [0.29, 0.717) is 16.9 Å². The first-order valence-corrected chi connectivity index (χ1v) is 15.8. The predicted octanol–water partition coefficient (Wildman–Crippen LogP) is 0.485. The van der Waals surface area contributed by atoms with Crippen molar-refractivity contribution in [3.8, 4) is 0 Å². The van der Waals surface area contributed by atoms with Crippen LogP contribution in [0.3, 0.4) is 0 Å². The van der Waals surface area contributed by atoms with E-state index in [-0.39, 0.29) is 23.4 Å². The number of aryl methyl sites for hydroxylation is 1. The number of fused-ring (bicyclic) bond motifs is 5. The molecule has 1 aliphatic carbocycles. The molecule has 2 unspecified atom stereocenters. The molecule has 3 fully saturated rings. The second-order valence-electron chi connectivity index (χ2n) is 10.2. The van der Waals surface area contributed by atoms with Crippen LogP contribution in [0.5, 0.6) is 0 Å². The smallest absolute Gasteiger partial charge is 0.388 e. The molecule has 5 N–H and O–H groups in total. The number of aliphatic hydroxyl groups is 1. The quantitative estimate of drug-likeness (QED) is 0.217. The summed E-state index contributed by atoms with van der Waals surface area (Å²) in [6.07, 6.45) is -7.03. The summed E-state index contributed by atoms with van der Waals surface area (Å²) in [6, 6.07) is -0.970. The summed E-state index contributed by atoms with van der Waals surface area (Å²) in [7, 11) is -10.1. The van der Waals surface area contributed by atoms with Gasteiger partial charge in [0.25, 0.3) is 0 Å². The van der Waals surface area contributed by atoms with Crippen LogP contribution in [0.4, 0.5) is 10.2 Å². The van der Waals surface area contributed by atoms with E-state index in [1.165, 1.54) is 28.1 Å². The molecule has 0 amide bonds. The van der Waals surface area contributed by atoms with Gasteiger partial charge in [0.2, 0.25) is 0 Å². The molecule has 10 atom stereocenters. The summed E-state index contributed by atoms with van der Waals surface area (Å²) < 4.78 is 71.7. The zero-order valence-electron chi connectivity index (χ0n) is 22.0. The molecule has 2 saturated heterocycles. The standard InChI is InChI=1S/C21H24FN9O10P2/c1-8-13-19(26-4-24-8)30(6-28-13)9-2-10-15(32)16(9)40-42(33,34)37-3-11-17(41-43(35,36)39-10)12(22)21(38-11)31-7-29-14-18(23)25-5-27-20(14)31/h4-7,9-12,15-17,21,32H,2-3H2,1H3,(H,33,34)(H,35,36)(H2,23,25,27)/t9-,10+,11-,12-,15-,16+,17-,21-/m1/s1. The second kappa shape index (κ2) is 10.3. The number of nitrogens with zero attached hydrogens (tertiary/aromatic N) is 8. The van der Waals surface area contributed by atoms with Crippen LogP contribution in [-0.4, -0.2) is 97.2 Å². The lowest BCUT2D eigenvalue weighted by Crippen LogP contribution is -2.37. The first-order valence-electron chi connectivity index (χ1n) is 12.8. The van der Waals surface area contributed by atoms with Gasteiger partial charge in [-0.05, 0) is 6.92 Å². The van der Waals surface area contributed by atoms with Gasteiger partial charge in [-0.15, -0.1) is 0 Å². The second-order valence-corrected chi connectivity index (χ2v) is 13.0. The molecule has 3 aliphatic rings. The normalized spacial score (nSPS) is 38.6. The molecule has 230 valence electrons. The fourth-order valence-corrected chi connectivity index (χ4v) is 7.74. The topological polar surface area (TPSA) is 254 Å². The average molecular weight is 643 g/mol. The highest BCUT2D eigenvalue weighted by Crippen LogP contribution is 2.56. The lowest BCUT2D eigenvalue weighted by Gasteiger charge is -2.28. The lowest BCUT2D eigenvalue weighted by molar-refractivity contribution is -0.0663. The van der Waals surface area contributed by atoms with Crippen molar-refractivity contribution in [3.63, 3.8) is 0 Å². The minimum atomic E-state index is -5.12. The summed E-state index contributed by atoms with van der Waals surface area (Å²) >= 11 is 0. The number of anilines is 1. The lowest BCUT2D eigenvalue weighted by atomic mass is 10.1. The van der Waals surface area contributed by atoms with E-state index >= 15 is 4.39 Å². The number of phosphoric ester groups is 2. The van der Waals surface area contributed by atoms with E-state index in [9.17, 15) is 24.0 Å². The molecule has 0 spiro atoms. The molecule has 22 heteroatoms. The van der Waals surface area contributed by atoms with E-state index in [0.717, 1.165) is 6.33 Å². The van der Waals surface area contributed by atoms with Crippen molar-refractivity contribution < 1.29 is 51.2 Å². The number of hydrogen-bond acceptors (Lipinski definition) is 15. The maximum atomic E-state index is 15.9. The average Bonchev–Trinajstić information content (AvgIpc) is 3.70. The molecule has 4 aromatic rings. The maximum Gasteiger partial charge on any atom is 0.473 e. The van der Waals surface area contributed by atoms with Crippen molar-refractivity contribution >= 4 is 43.8 Å². The summed E-state index contributed by atoms with van der Waals surface area (Å²) in [5.41, 5.74) is 7.34. The number of aromatic nitrogens is 8. The van der Waals surface area contributed by atoms with Gasteiger partial charge >= 0.3 is 15.6 Å². The molecular weight excluding hydrogens is 619 g/mol. The van der Waals surface area contributed by atoms with Gasteiger partial charge in [-0.2, -0.15) is 0 Å². The Bertz CT molecular complexity index is 1810. The number of rotatable bonds is 2. The maximum absolute atomic E-state index is 15.9. The van der Waals surface area contributed by atoms with Crippen molar-refractivity contribution in [2.75, 3.05) is 12.3 Å². The predicted molar refractivity (Wildman–Crippen MR) is 138 cm³/mol. The Kier molecular flexibility index (Phi) is 6.86. The SMILES string of the molecule is Cc1ncnc2c1ncn2[C@@H]1C[C@@H]2OP(=O)(O)O[C@H]3[C@@H](F)[C@H](n4cnc5c(N)ncnc54)O[C@@H]3COP(=O)(O)O[C@@H]1[C@@H]2O. The van der Waals surface area contributed by atoms with E-state index < -0.39 is 71.2 Å². The van der Waals surface area contributed by atoms with Crippen LogP contribution in [0, 0.1) is 6.92 Å². The number of alkyl halides is 1. The van der Waals surface area contributed by atoms with Gasteiger partial charge in [-0.1, -0.05) is 0 Å². The number of phosphoric acid groups is 2. The van der Waals surface area contributed by atoms with Gasteiger partial charge in [0.1, 0.15) is 54.2 Å². The van der Waals surface area contributed by atoms with E-state index in [2.05, 4.69) is 29.9 Å². The zero-order chi connectivity index (χ0) is 30.3. The molecule has 43 heavy (non-hydrogen) atoms. The Labute approximate surface area is 240 Å². The molecule has 4 aromatic heterocycles. The Morgan fingerprint density at radius 2 is 1.58 bits per heavy atom. The van der Waals surface area contributed by atoms with Crippen LogP contribution >= 0.6 is 15.6 Å². The van der Waals surface area contributed by atoms with Crippen LogP contribution in [0.25, 0.3) is 22.3 Å². The summed E-state index contributed by atoms with van der Waals surface area (Å²) in [6.45, 7) is 0.881. The van der Waals surface area contributed by atoms with Crippen LogP contribution < -0.4 is 5.73 Å². The number of imidazole rings is 2. The molecule has 0 radical (unpaired) electrons. The number of ether oxygens (including phenoxy) is 1. The van der Waals surface area contributed by atoms with Crippen LogP contribution in [0.1, 0.15) is 24.4 Å². The van der Waals surface area contributed by atoms with Gasteiger partial charge in [0.05, 0.1) is 31.0 Å². The first kappa shape index (κ1) is 28.7. The number of aliphatic hydroxyl groups excluding tert-OH is 1. The summed E-state index contributed by atoms with van der Waals surface area (Å²) in [5.74, 6) is 0.0213. The third-order valence-corrected chi connectivity index (χ3v) is 9.61. The first-order chi connectivity index (χ1) is 20.4. The highest BCUT2D eigenvalue weighted by atomic mass is 31.2. The Hall–Kier alpha value is -3.03. The summed E-state index contributed by atoms with van der Waals surface area (Å²) in [4.78, 5) is 45.8. The van der Waals surface area contributed by atoms with E-state index in [1.54, 1.807) is 6.92 Å². The van der Waals surface area contributed by atoms with Gasteiger partial charge in [-0.25, -0.2) is 43.4 Å². The molecule has 1 saturated carbocycles. The van der Waals surface area contributed by atoms with E-state index in [4.69, 9.17) is 28.6 Å². The van der Waals surface area contributed by atoms with Crippen molar-refractivity contribution in [1.82, 2.24) is 39.0 Å². The zero-order valence-corrected chi connectivity index (χ0v) is 23.8. The van der Waals surface area contributed by atoms with Crippen LogP contribution in [0.2, 0.25) is 0 Å². The number of hydrogen-bond donors (Lipinski definition) is 4. The molecule has 2 bridgehead atoms. The molecule has 0 aromatic carbocycles. The van der Waals surface area contributed by atoms with Crippen molar-refractivity contribution in [3.05, 3.63) is 31.0 Å². The Balaban J connectivity index is 1.21. The highest BCUT2D eigenvalue weighted by Gasteiger charge is 2.55. The third-order valence-electron chi connectivity index (χ3n) is 7.58. The van der Waals surface area contributed by atoms with Gasteiger partial charge in [-0.3, -0.25) is 22.7 Å². The van der Waals surface area contributed by atoms with Crippen molar-refractivity contribution in [2.24, 2.45) is 0 Å². The molecule has 7 rings (SSSR count). The fraction of sp³-hybridized carbons (Fsp3) is 0.524. The largest absolute Gasteiger partial charge is 0.473 e. The minimum Gasteiger partial charge on any atom is -0.388 e. The van der Waals surface area contributed by atoms with Crippen LogP contribution in [0.15, 0.2) is 25.3 Å². The van der Waals surface area contributed by atoms with Crippen LogP contribution in [-0.2, 0) is 32.0 Å². The molecule has 2 aliphatic heterocycles.